The van der Waals surface area contributed by atoms with Crippen LogP contribution in [0.2, 0.25) is 0 Å². The summed E-state index contributed by atoms with van der Waals surface area (Å²) in [5.74, 6) is 5.02. The van der Waals surface area contributed by atoms with Crippen LogP contribution >= 0.6 is 0 Å². The largest absolute Gasteiger partial charge is 0.458 e. The molecule has 12 rings (SSSR count). The van der Waals surface area contributed by atoms with Crippen LogP contribution in [0.15, 0.2) is 30.3 Å². The van der Waals surface area contributed by atoms with Crippen molar-refractivity contribution in [1.29, 1.82) is 0 Å². The Balaban J connectivity index is 1.38. The predicted octanol–water partition coefficient (Wildman–Crippen LogP) is 7.77. The molecule has 2 fully saturated rings. The van der Waals surface area contributed by atoms with Crippen LogP contribution in [-0.2, 0) is 10.8 Å². The highest BCUT2D eigenvalue weighted by molar-refractivity contribution is 6.99. The van der Waals surface area contributed by atoms with E-state index in [9.17, 15) is 0 Å². The van der Waals surface area contributed by atoms with Crippen molar-refractivity contribution >= 4 is 28.7 Å². The summed E-state index contributed by atoms with van der Waals surface area (Å²) in [6, 6.07) is 12.2. The second-order valence-corrected chi connectivity index (χ2v) is 16.8. The maximum absolute atomic E-state index is 7.05. The Kier molecular flexibility index (Phi) is 4.45. The third-order valence-electron chi connectivity index (χ3n) is 12.5. The van der Waals surface area contributed by atoms with Crippen LogP contribution in [0.25, 0.3) is 11.3 Å². The molecule has 2 saturated carbocycles. The van der Waals surface area contributed by atoms with Gasteiger partial charge in [0.05, 0.1) is 0 Å². The molecule has 0 amide bonds. The van der Waals surface area contributed by atoms with E-state index in [1.165, 1.54) is 79.1 Å². The third-order valence-corrected chi connectivity index (χ3v) is 12.5. The lowest BCUT2D eigenvalue weighted by Gasteiger charge is -2.42. The van der Waals surface area contributed by atoms with Crippen molar-refractivity contribution in [2.75, 3.05) is 0 Å². The average Bonchev–Trinajstić information content (AvgIpc) is 3.53. The van der Waals surface area contributed by atoms with Crippen molar-refractivity contribution in [2.24, 2.45) is 0 Å². The van der Waals surface area contributed by atoms with Crippen molar-refractivity contribution in [1.82, 2.24) is 8.97 Å². The van der Waals surface area contributed by atoms with Crippen molar-refractivity contribution in [3.63, 3.8) is 0 Å². The minimum atomic E-state index is 0.0427. The molecule has 0 saturated heterocycles. The molecule has 0 spiro atoms. The monoisotopic (exact) mass is 554 g/mol. The number of rotatable bonds is 0. The molecule has 0 radical (unpaired) electrons. The Morgan fingerprint density at radius 3 is 1.90 bits per heavy atom. The lowest BCUT2D eigenvalue weighted by atomic mass is 9.33. The summed E-state index contributed by atoms with van der Waals surface area (Å²) in [6.45, 7) is 14.3. The first-order valence-corrected chi connectivity index (χ1v) is 16.9. The molecule has 0 N–H and O–H groups in total. The molecule has 6 aliphatic carbocycles. The fourth-order valence-corrected chi connectivity index (χ4v) is 10.4. The predicted molar refractivity (Wildman–Crippen MR) is 173 cm³/mol. The van der Waals surface area contributed by atoms with Gasteiger partial charge in [0.15, 0.2) is 0 Å². The lowest BCUT2D eigenvalue weighted by Crippen LogP contribution is -2.59. The second-order valence-electron chi connectivity index (χ2n) is 16.8. The highest BCUT2D eigenvalue weighted by Gasteiger charge is 2.51. The van der Waals surface area contributed by atoms with Crippen molar-refractivity contribution < 1.29 is 4.74 Å². The van der Waals surface area contributed by atoms with E-state index in [1.807, 2.05) is 0 Å². The summed E-state index contributed by atoms with van der Waals surface area (Å²) in [4.78, 5) is 0. The second kappa shape index (κ2) is 7.60. The molecule has 214 valence electrons. The lowest BCUT2D eigenvalue weighted by molar-refractivity contribution is 0.331. The van der Waals surface area contributed by atoms with Crippen molar-refractivity contribution in [2.45, 2.75) is 127 Å². The van der Waals surface area contributed by atoms with E-state index in [4.69, 9.17) is 4.74 Å². The van der Waals surface area contributed by atoms with Crippen LogP contribution in [0.1, 0.15) is 150 Å². The SMILES string of the molecule is CC(C)(C)c1ccc2c(c1)Oc1cc(C(C)(C)C)cc3c1B2c1c2c(n4c5c(n-3c14)C1CCC5CC1)C1CCC2CC1. The number of hydrogen-bond donors (Lipinski definition) is 0. The van der Waals surface area contributed by atoms with Crippen LogP contribution in [0.3, 0.4) is 0 Å². The smallest absolute Gasteiger partial charge is 0.258 e. The van der Waals surface area contributed by atoms with Gasteiger partial charge in [0.25, 0.3) is 6.71 Å². The number of imidazole rings is 1. The van der Waals surface area contributed by atoms with Gasteiger partial charge < -0.3 is 9.14 Å². The number of hydrogen-bond acceptors (Lipinski definition) is 1. The Morgan fingerprint density at radius 2 is 1.24 bits per heavy atom. The van der Waals surface area contributed by atoms with E-state index in [-0.39, 0.29) is 17.5 Å². The maximum atomic E-state index is 7.05. The Morgan fingerprint density at radius 1 is 0.643 bits per heavy atom. The van der Waals surface area contributed by atoms with Gasteiger partial charge in [-0.05, 0) is 125 Å². The Labute approximate surface area is 250 Å². The molecule has 0 unspecified atom stereocenters. The van der Waals surface area contributed by atoms with Crippen LogP contribution in [-0.4, -0.2) is 15.7 Å². The molecular formula is C38H43BN2O. The molecule has 4 heteroatoms. The molecular weight excluding hydrogens is 511 g/mol. The van der Waals surface area contributed by atoms with E-state index >= 15 is 0 Å². The van der Waals surface area contributed by atoms with Crippen molar-refractivity contribution in [3.05, 3.63) is 64.1 Å². The zero-order chi connectivity index (χ0) is 28.4. The van der Waals surface area contributed by atoms with E-state index in [0.29, 0.717) is 17.8 Å². The molecule has 42 heavy (non-hydrogen) atoms. The van der Waals surface area contributed by atoms with Crippen LogP contribution in [0.5, 0.6) is 11.5 Å². The summed E-state index contributed by atoms with van der Waals surface area (Å²) >= 11 is 0. The maximum Gasteiger partial charge on any atom is 0.258 e. The highest BCUT2D eigenvalue weighted by atomic mass is 16.5. The first-order valence-electron chi connectivity index (χ1n) is 16.9. The minimum absolute atomic E-state index is 0.0427. The first kappa shape index (κ1) is 24.6. The Bertz CT molecular complexity index is 1860. The Hall–Kier alpha value is -2.88. The quantitative estimate of drug-likeness (QED) is 0.176. The van der Waals surface area contributed by atoms with Gasteiger partial charge in [0, 0.05) is 34.6 Å². The normalized spacial score (nSPS) is 26.2. The minimum Gasteiger partial charge on any atom is -0.458 e. The summed E-state index contributed by atoms with van der Waals surface area (Å²) in [6.07, 6.45) is 11.0. The number of ether oxygens (including phenoxy) is 1. The fraction of sp³-hybridized carbons (Fsp3) is 0.526. The van der Waals surface area contributed by atoms with Gasteiger partial charge in [-0.2, -0.15) is 0 Å². The molecule has 0 atom stereocenters. The molecule has 4 aromatic rings. The van der Waals surface area contributed by atoms with Crippen LogP contribution in [0, 0.1) is 0 Å². The average molecular weight is 555 g/mol. The summed E-state index contributed by atoms with van der Waals surface area (Å²) < 4.78 is 12.8. The van der Waals surface area contributed by atoms with Gasteiger partial charge in [-0.1, -0.05) is 53.7 Å². The zero-order valence-electron chi connectivity index (χ0n) is 26.2. The third kappa shape index (κ3) is 2.86. The fourth-order valence-electron chi connectivity index (χ4n) is 10.4. The molecule has 2 aromatic carbocycles. The van der Waals surface area contributed by atoms with E-state index in [1.54, 1.807) is 33.8 Å². The number of nitrogens with zero attached hydrogens (tertiary/aromatic N) is 2. The summed E-state index contributed by atoms with van der Waals surface area (Å²) in [7, 11) is 0. The molecule has 2 aromatic heterocycles. The molecule has 4 bridgehead atoms. The highest BCUT2D eigenvalue weighted by Crippen LogP contribution is 2.57. The first-order chi connectivity index (χ1) is 20.1. The standard InChI is InChI=1S/C38H43BN2O/c1-37(2,3)24-15-16-26-28(18-24)42-29-19-25(38(4,5)6)17-27-31(29)39(26)32-30-20-7-9-21(10-8-20)33(30)41-35-23-13-11-22(12-14-23)34(35)40(27)36(32)41/h15-23H,7-14H2,1-6H3. The number of aromatic nitrogens is 2. The molecule has 4 heterocycles. The van der Waals surface area contributed by atoms with Gasteiger partial charge in [0.1, 0.15) is 17.1 Å². The van der Waals surface area contributed by atoms with E-state index in [2.05, 4.69) is 80.8 Å². The van der Waals surface area contributed by atoms with Crippen LogP contribution < -0.4 is 21.1 Å². The van der Waals surface area contributed by atoms with E-state index in [0.717, 1.165) is 17.4 Å². The molecule has 8 aliphatic rings. The summed E-state index contributed by atoms with van der Waals surface area (Å²) in [5, 5.41) is 0. The molecule has 2 aliphatic heterocycles. The van der Waals surface area contributed by atoms with Gasteiger partial charge >= 0.3 is 0 Å². The van der Waals surface area contributed by atoms with Gasteiger partial charge in [-0.25, -0.2) is 0 Å². The van der Waals surface area contributed by atoms with Crippen LogP contribution in [0.4, 0.5) is 0 Å². The number of fused-ring (bicyclic) bond motifs is 8. The van der Waals surface area contributed by atoms with Gasteiger partial charge in [-0.3, -0.25) is 4.57 Å². The van der Waals surface area contributed by atoms with Gasteiger partial charge in [-0.15, -0.1) is 0 Å². The van der Waals surface area contributed by atoms with Crippen molar-refractivity contribution in [3.8, 4) is 17.2 Å². The zero-order valence-corrected chi connectivity index (χ0v) is 26.2. The molecule has 3 nitrogen and oxygen atoms in total. The number of benzene rings is 2. The van der Waals surface area contributed by atoms with Gasteiger partial charge in [0.2, 0.25) is 0 Å². The summed E-state index contributed by atoms with van der Waals surface area (Å²) in [5.41, 5.74) is 17.1. The topological polar surface area (TPSA) is 18.6 Å². The van der Waals surface area contributed by atoms with E-state index < -0.39 is 0 Å².